The van der Waals surface area contributed by atoms with Crippen molar-refractivity contribution in [1.82, 2.24) is 5.32 Å². The van der Waals surface area contributed by atoms with Crippen LogP contribution < -0.4 is 5.32 Å². The molecule has 0 heterocycles. The summed E-state index contributed by atoms with van der Waals surface area (Å²) in [5, 5.41) is -5.24. The number of halogens is 20. The first-order valence-electron chi connectivity index (χ1n) is 7.86. The summed E-state index contributed by atoms with van der Waals surface area (Å²) in [5.41, 5.74) is 0. The van der Waals surface area contributed by atoms with E-state index in [4.69, 9.17) is 4.55 Å². The molecule has 0 rings (SSSR count). The van der Waals surface area contributed by atoms with Crippen molar-refractivity contribution in [2.75, 3.05) is 14.1 Å². The highest BCUT2D eigenvalue weighted by atomic mass is 32.2. The molecular formula is C12H9F20NO3S. The normalized spacial score (nSPS) is 16.7. The summed E-state index contributed by atoms with van der Waals surface area (Å²) in [5.74, 6) is -62.1. The molecule has 0 aromatic heterocycles. The molecule has 0 spiro atoms. The Labute approximate surface area is 190 Å². The third-order valence-corrected chi connectivity index (χ3v) is 4.59. The van der Waals surface area contributed by atoms with E-state index in [1.165, 1.54) is 0 Å². The summed E-state index contributed by atoms with van der Waals surface area (Å²) in [4.78, 5) is 0. The van der Waals surface area contributed by atoms with E-state index >= 15 is 0 Å². The topological polar surface area (TPSA) is 66.4 Å². The van der Waals surface area contributed by atoms with E-state index in [2.05, 4.69) is 5.32 Å². The van der Waals surface area contributed by atoms with Gasteiger partial charge in [-0.3, -0.25) is 4.55 Å². The molecule has 226 valence electrons. The minimum atomic E-state index is -9.19. The van der Waals surface area contributed by atoms with Gasteiger partial charge in [-0.15, -0.1) is 0 Å². The number of alkyl halides is 20. The maximum Gasteiger partial charge on any atom is 0.438 e. The third kappa shape index (κ3) is 5.34. The van der Waals surface area contributed by atoms with Crippen LogP contribution in [0.5, 0.6) is 0 Å². The molecule has 0 aliphatic carbocycles. The van der Waals surface area contributed by atoms with Crippen LogP contribution in [0.2, 0.25) is 0 Å². The third-order valence-electron chi connectivity index (χ3n) is 3.69. The minimum Gasteiger partial charge on any atom is -0.323 e. The maximum atomic E-state index is 13.3. The van der Waals surface area contributed by atoms with Crippen molar-refractivity contribution in [3.8, 4) is 0 Å². The van der Waals surface area contributed by atoms with Gasteiger partial charge < -0.3 is 5.32 Å². The highest BCUT2D eigenvalue weighted by Gasteiger charge is 2.96. The maximum absolute atomic E-state index is 13.3. The van der Waals surface area contributed by atoms with Crippen LogP contribution in [0, 0.1) is 0 Å². The molecule has 25 heteroatoms. The van der Waals surface area contributed by atoms with Crippen LogP contribution >= 0.6 is 0 Å². The van der Waals surface area contributed by atoms with Crippen LogP contribution in [-0.4, -0.2) is 86.1 Å². The average Bonchev–Trinajstić information content (AvgIpc) is 2.65. The van der Waals surface area contributed by atoms with Gasteiger partial charge in [-0.1, -0.05) is 0 Å². The summed E-state index contributed by atoms with van der Waals surface area (Å²) in [6, 6.07) is 0. The molecule has 0 aromatic rings. The number of nitrogens with one attached hydrogen (secondary N) is 1. The van der Waals surface area contributed by atoms with Crippen LogP contribution in [0.4, 0.5) is 87.8 Å². The molecule has 2 N–H and O–H groups in total. The monoisotopic (exact) mass is 627 g/mol. The van der Waals surface area contributed by atoms with E-state index in [0.717, 1.165) is 0 Å². The van der Waals surface area contributed by atoms with Gasteiger partial charge in [0.1, 0.15) is 0 Å². The zero-order valence-electron chi connectivity index (χ0n) is 16.8. The van der Waals surface area contributed by atoms with Crippen LogP contribution in [0.3, 0.4) is 0 Å². The molecule has 0 amide bonds. The molecule has 0 bridgehead atoms. The summed E-state index contributed by atoms with van der Waals surface area (Å²) >= 11 is 0. The largest absolute Gasteiger partial charge is 0.438 e. The first-order chi connectivity index (χ1) is 15.6. The van der Waals surface area contributed by atoms with Crippen molar-refractivity contribution < 1.29 is 101 Å². The van der Waals surface area contributed by atoms with E-state index in [1.54, 1.807) is 0 Å². The molecule has 37 heavy (non-hydrogen) atoms. The Bertz CT molecular complexity index is 895. The highest BCUT2D eigenvalue weighted by molar-refractivity contribution is 7.87. The van der Waals surface area contributed by atoms with E-state index < -0.39 is 69.2 Å². The second-order valence-corrected chi connectivity index (χ2v) is 7.93. The second kappa shape index (κ2) is 9.89. The smallest absolute Gasteiger partial charge is 0.323 e. The fourth-order valence-electron chi connectivity index (χ4n) is 1.71. The predicted octanol–water partition coefficient (Wildman–Crippen LogP) is 5.65. The number of hydrogen-bond acceptors (Lipinski definition) is 3. The zero-order valence-corrected chi connectivity index (χ0v) is 17.6. The molecule has 1 unspecified atom stereocenters. The fraction of sp³-hybridized carbons (Fsp3) is 1.00. The number of hydrogen-bond donors (Lipinski definition) is 2. The van der Waals surface area contributed by atoms with Gasteiger partial charge in [-0.25, -0.2) is 4.39 Å². The Balaban J connectivity index is 0. The Morgan fingerprint density at radius 1 is 0.541 bits per heavy atom. The summed E-state index contributed by atoms with van der Waals surface area (Å²) in [6.07, 6.45) is -14.0. The van der Waals surface area contributed by atoms with Gasteiger partial charge in [0.25, 0.3) is 6.17 Å². The first-order valence-corrected chi connectivity index (χ1v) is 9.30. The lowest BCUT2D eigenvalue weighted by Crippen LogP contribution is -2.76. The van der Waals surface area contributed by atoms with Gasteiger partial charge in [0.05, 0.1) is 0 Å². The van der Waals surface area contributed by atoms with Gasteiger partial charge >= 0.3 is 63.0 Å². The molecule has 1 atom stereocenters. The first kappa shape index (κ1) is 37.6. The Morgan fingerprint density at radius 2 is 0.757 bits per heavy atom. The van der Waals surface area contributed by atoms with E-state index in [-0.39, 0.29) is 0 Å². The second-order valence-electron chi connectivity index (χ2n) is 6.47. The van der Waals surface area contributed by atoms with Gasteiger partial charge in [0.2, 0.25) is 0 Å². The molecule has 0 fully saturated rings. The predicted molar refractivity (Wildman–Crippen MR) is 77.1 cm³/mol. The van der Waals surface area contributed by atoms with Gasteiger partial charge in [0, 0.05) is 0 Å². The van der Waals surface area contributed by atoms with Crippen molar-refractivity contribution in [3.63, 3.8) is 0 Å². The molecular weight excluding hydrogens is 618 g/mol. The lowest BCUT2D eigenvalue weighted by molar-refractivity contribution is -0.455. The highest BCUT2D eigenvalue weighted by Crippen LogP contribution is 2.65. The summed E-state index contributed by atoms with van der Waals surface area (Å²) in [6.45, 7) is 0. The Kier molecular flexibility index (Phi) is 10.1. The minimum absolute atomic E-state index is 1.88. The van der Waals surface area contributed by atoms with E-state index in [9.17, 15) is 96.2 Å². The van der Waals surface area contributed by atoms with Gasteiger partial charge in [-0.2, -0.15) is 91.8 Å². The molecule has 0 aromatic carbocycles. The standard InChI is InChI=1S/C10H2F20O3S.C2H7N/c11-1(3(14,15)16)2(12,13)4(17,18)5(19,20)6(21,22)7(23,24)8(25,26)9(27,28)10(29,30)34(31,32)33;1-3-2/h1H,(H,31,32,33);3H,1-2H3. The summed E-state index contributed by atoms with van der Waals surface area (Å²) < 4.78 is 286. The van der Waals surface area contributed by atoms with Crippen molar-refractivity contribution in [2.45, 2.75) is 59.1 Å². The van der Waals surface area contributed by atoms with E-state index in [1.807, 2.05) is 14.1 Å². The lowest BCUT2D eigenvalue weighted by atomic mass is 9.88. The van der Waals surface area contributed by atoms with Crippen LogP contribution in [0.25, 0.3) is 0 Å². The molecule has 0 aliphatic rings. The molecule has 0 radical (unpaired) electrons. The van der Waals surface area contributed by atoms with Crippen LogP contribution in [-0.2, 0) is 10.1 Å². The molecule has 4 nitrogen and oxygen atoms in total. The summed E-state index contributed by atoms with van der Waals surface area (Å²) in [7, 11) is -4.29. The van der Waals surface area contributed by atoms with E-state index in [0.29, 0.717) is 0 Å². The van der Waals surface area contributed by atoms with Crippen molar-refractivity contribution in [3.05, 3.63) is 0 Å². The van der Waals surface area contributed by atoms with Crippen molar-refractivity contribution >= 4 is 10.1 Å². The SMILES string of the molecule is CNC.O=S(=O)(O)C(F)(F)C(F)(F)C(F)(F)C(F)(F)C(F)(F)C(F)(F)C(F)(F)C(F)(F)C(F)C(F)(F)F. The quantitative estimate of drug-likeness (QED) is 0.257. The van der Waals surface area contributed by atoms with Crippen LogP contribution in [0.1, 0.15) is 0 Å². The molecule has 0 saturated heterocycles. The van der Waals surface area contributed by atoms with Crippen LogP contribution in [0.15, 0.2) is 0 Å². The fourth-order valence-corrected chi connectivity index (χ4v) is 2.16. The Hall–Kier alpha value is -1.53. The van der Waals surface area contributed by atoms with Gasteiger partial charge in [-0.05, 0) is 14.1 Å². The molecule has 0 saturated carbocycles. The lowest BCUT2D eigenvalue weighted by Gasteiger charge is -2.43. The zero-order chi connectivity index (χ0) is 31.3. The average molecular weight is 627 g/mol. The number of rotatable bonds is 9. The molecule has 0 aliphatic heterocycles. The van der Waals surface area contributed by atoms with Crippen molar-refractivity contribution in [2.24, 2.45) is 0 Å². The Morgan fingerprint density at radius 3 is 0.973 bits per heavy atom. The van der Waals surface area contributed by atoms with Gasteiger partial charge in [0.15, 0.2) is 0 Å². The van der Waals surface area contributed by atoms with Crippen molar-refractivity contribution in [1.29, 1.82) is 0 Å².